The van der Waals surface area contributed by atoms with Gasteiger partial charge in [-0.25, -0.2) is 4.98 Å². The lowest BCUT2D eigenvalue weighted by molar-refractivity contribution is 0.620. The third-order valence-corrected chi connectivity index (χ3v) is 10.7. The number of hydrogen-bond donors (Lipinski definition) is 0. The van der Waals surface area contributed by atoms with E-state index in [4.69, 9.17) is 22.7 Å². The van der Waals surface area contributed by atoms with Crippen LogP contribution in [-0.2, 0) is 0 Å². The second kappa shape index (κ2) is 11.5. The minimum atomic E-state index is 0.591. The van der Waals surface area contributed by atoms with Gasteiger partial charge in [0.15, 0.2) is 5.58 Å². The summed E-state index contributed by atoms with van der Waals surface area (Å²) in [5.41, 5.74) is 12.7. The molecular weight excluding hydrogens is 681 g/mol. The number of benzene rings is 8. The van der Waals surface area contributed by atoms with Gasteiger partial charge in [-0.2, -0.15) is 0 Å². The lowest BCUT2D eigenvalue weighted by atomic mass is 9.99. The van der Waals surface area contributed by atoms with Crippen molar-refractivity contribution in [1.82, 2.24) is 4.98 Å². The van der Waals surface area contributed by atoms with E-state index in [9.17, 15) is 0 Å². The van der Waals surface area contributed by atoms with Gasteiger partial charge in [0.05, 0.1) is 0 Å². The van der Waals surface area contributed by atoms with Crippen LogP contribution < -0.4 is 4.90 Å². The van der Waals surface area contributed by atoms with E-state index in [-0.39, 0.29) is 0 Å². The average molecular weight is 709 g/mol. The number of fused-ring (bicyclic) bond motifs is 10. The number of oxazole rings is 1. The van der Waals surface area contributed by atoms with Gasteiger partial charge in [0.25, 0.3) is 0 Å². The van der Waals surface area contributed by atoms with Crippen LogP contribution in [0.15, 0.2) is 188 Å². The molecule has 6 nitrogen and oxygen atoms in total. The fourth-order valence-corrected chi connectivity index (χ4v) is 8.14. The number of rotatable bonds is 5. The maximum absolute atomic E-state index is 6.43. The van der Waals surface area contributed by atoms with Gasteiger partial charge in [0.2, 0.25) is 5.89 Å². The van der Waals surface area contributed by atoms with Crippen LogP contribution in [0, 0.1) is 0 Å². The largest absolute Gasteiger partial charge is 0.456 e. The lowest BCUT2D eigenvalue weighted by Crippen LogP contribution is -2.09. The van der Waals surface area contributed by atoms with E-state index in [1.54, 1.807) is 0 Å². The zero-order valence-electron chi connectivity index (χ0n) is 29.2. The Hall–Kier alpha value is -7.57. The number of nitrogens with zero attached hydrogens (tertiary/aromatic N) is 2. The maximum Gasteiger partial charge on any atom is 0.227 e. The minimum absolute atomic E-state index is 0.591. The van der Waals surface area contributed by atoms with Crippen molar-refractivity contribution in [3.05, 3.63) is 170 Å². The number of anilines is 3. The Morgan fingerprint density at radius 2 is 0.927 bits per heavy atom. The van der Waals surface area contributed by atoms with Crippen LogP contribution in [0.25, 0.3) is 99.5 Å². The van der Waals surface area contributed by atoms with Gasteiger partial charge in [0.1, 0.15) is 39.0 Å². The maximum atomic E-state index is 6.43. The van der Waals surface area contributed by atoms with Crippen molar-refractivity contribution in [1.29, 1.82) is 0 Å². The van der Waals surface area contributed by atoms with Gasteiger partial charge in [-0.05, 0) is 96.1 Å². The highest BCUT2D eigenvalue weighted by Gasteiger charge is 2.20. The predicted octanol–water partition coefficient (Wildman–Crippen LogP) is 14.3. The zero-order valence-corrected chi connectivity index (χ0v) is 29.2. The molecule has 0 aliphatic heterocycles. The van der Waals surface area contributed by atoms with Crippen molar-refractivity contribution >= 4 is 94.0 Å². The Bertz CT molecular complexity index is 3330. The Morgan fingerprint density at radius 3 is 1.62 bits per heavy atom. The number of furan rings is 3. The molecule has 0 fully saturated rings. The molecule has 0 saturated carbocycles. The molecule has 12 aromatic rings. The van der Waals surface area contributed by atoms with E-state index in [0.29, 0.717) is 5.89 Å². The first kappa shape index (κ1) is 29.9. The van der Waals surface area contributed by atoms with Crippen LogP contribution in [0.3, 0.4) is 0 Å². The molecule has 0 aliphatic rings. The van der Waals surface area contributed by atoms with Gasteiger partial charge >= 0.3 is 0 Å². The van der Waals surface area contributed by atoms with Crippen molar-refractivity contribution in [3.63, 3.8) is 0 Å². The smallest absolute Gasteiger partial charge is 0.227 e. The van der Waals surface area contributed by atoms with Crippen LogP contribution in [0.4, 0.5) is 17.1 Å². The van der Waals surface area contributed by atoms with Crippen molar-refractivity contribution in [2.75, 3.05) is 4.90 Å². The first-order valence-electron chi connectivity index (χ1n) is 18.3. The van der Waals surface area contributed by atoms with Crippen molar-refractivity contribution in [2.24, 2.45) is 0 Å². The summed E-state index contributed by atoms with van der Waals surface area (Å²) in [7, 11) is 0. The van der Waals surface area contributed by atoms with Crippen LogP contribution in [-0.4, -0.2) is 4.98 Å². The lowest BCUT2D eigenvalue weighted by Gasteiger charge is -2.26. The van der Waals surface area contributed by atoms with Crippen LogP contribution in [0.2, 0.25) is 0 Å². The summed E-state index contributed by atoms with van der Waals surface area (Å²) in [4.78, 5) is 7.07. The molecule has 0 amide bonds. The van der Waals surface area contributed by atoms with Gasteiger partial charge in [-0.3, -0.25) is 0 Å². The second-order valence-corrected chi connectivity index (χ2v) is 13.9. The Kier molecular flexibility index (Phi) is 6.24. The molecule has 0 aliphatic carbocycles. The third kappa shape index (κ3) is 4.65. The molecule has 4 aromatic heterocycles. The molecular formula is C49H28N2O4. The molecule has 258 valence electrons. The first-order chi connectivity index (χ1) is 27.2. The molecule has 0 N–H and O–H groups in total. The highest BCUT2D eigenvalue weighted by atomic mass is 16.4. The standard InChI is InChI=1S/C49H28N2O4/c1-2-9-30(10-3-1)49-50-40-28-46-39(27-47(40)55-49)48-34(13-8-16-45(48)54-46)29-17-19-31(20-18-29)51(32-21-23-43-37(25-32)35-11-4-6-14-41(35)52-43)33-22-24-44-38(26-33)36-12-5-7-15-42(36)53-44/h1-28H. The molecule has 6 heteroatoms. The quantitative estimate of drug-likeness (QED) is 0.177. The molecule has 12 rings (SSSR count). The topological polar surface area (TPSA) is 68.7 Å². The summed E-state index contributed by atoms with van der Waals surface area (Å²) in [6.45, 7) is 0. The van der Waals surface area contributed by atoms with E-state index in [0.717, 1.165) is 111 Å². The van der Waals surface area contributed by atoms with Crippen LogP contribution >= 0.6 is 0 Å². The normalized spacial score (nSPS) is 12.0. The van der Waals surface area contributed by atoms with E-state index >= 15 is 0 Å². The molecule has 0 radical (unpaired) electrons. The van der Waals surface area contributed by atoms with E-state index in [2.05, 4.69) is 102 Å². The van der Waals surface area contributed by atoms with E-state index < -0.39 is 0 Å². The fraction of sp³-hybridized carbons (Fsp3) is 0. The van der Waals surface area contributed by atoms with E-state index in [1.807, 2.05) is 72.8 Å². The Labute approximate surface area is 313 Å². The number of aromatic nitrogens is 1. The number of hydrogen-bond acceptors (Lipinski definition) is 6. The molecule has 0 saturated heterocycles. The van der Waals surface area contributed by atoms with Gasteiger partial charge in [0, 0.05) is 61.0 Å². The summed E-state index contributed by atoms with van der Waals surface area (Å²) in [5, 5.41) is 6.34. The molecule has 4 heterocycles. The monoisotopic (exact) mass is 708 g/mol. The van der Waals surface area contributed by atoms with Crippen molar-refractivity contribution in [3.8, 4) is 22.6 Å². The summed E-state index contributed by atoms with van der Waals surface area (Å²) in [6, 6.07) is 58.2. The minimum Gasteiger partial charge on any atom is -0.456 e. The molecule has 0 spiro atoms. The van der Waals surface area contributed by atoms with Gasteiger partial charge in [-0.15, -0.1) is 0 Å². The zero-order chi connectivity index (χ0) is 36.0. The fourth-order valence-electron chi connectivity index (χ4n) is 8.14. The first-order valence-corrected chi connectivity index (χ1v) is 18.3. The average Bonchev–Trinajstić information content (AvgIpc) is 4.01. The summed E-state index contributed by atoms with van der Waals surface area (Å²) in [5.74, 6) is 0.591. The molecule has 8 aromatic carbocycles. The van der Waals surface area contributed by atoms with Gasteiger partial charge in [-0.1, -0.05) is 78.9 Å². The molecule has 55 heavy (non-hydrogen) atoms. The van der Waals surface area contributed by atoms with Crippen LogP contribution in [0.1, 0.15) is 0 Å². The van der Waals surface area contributed by atoms with Crippen molar-refractivity contribution < 1.29 is 17.7 Å². The summed E-state index contributed by atoms with van der Waals surface area (Å²) < 4.78 is 25.1. The second-order valence-electron chi connectivity index (χ2n) is 13.9. The summed E-state index contributed by atoms with van der Waals surface area (Å²) >= 11 is 0. The molecule has 0 bridgehead atoms. The SMILES string of the molecule is c1ccc(-c2nc3cc4oc5cccc(-c6ccc(N(c7ccc8oc9ccccc9c8c7)c7ccc8oc9ccccc9c8c7)cc6)c5c4cc3o2)cc1. The highest BCUT2D eigenvalue weighted by molar-refractivity contribution is 6.15. The number of para-hydroxylation sites is 2. The van der Waals surface area contributed by atoms with Crippen LogP contribution in [0.5, 0.6) is 0 Å². The third-order valence-electron chi connectivity index (χ3n) is 10.7. The van der Waals surface area contributed by atoms with E-state index in [1.165, 1.54) is 0 Å². The van der Waals surface area contributed by atoms with Gasteiger partial charge < -0.3 is 22.6 Å². The Morgan fingerprint density at radius 1 is 0.345 bits per heavy atom. The summed E-state index contributed by atoms with van der Waals surface area (Å²) in [6.07, 6.45) is 0. The predicted molar refractivity (Wildman–Crippen MR) is 221 cm³/mol. The molecule has 0 atom stereocenters. The highest BCUT2D eigenvalue weighted by Crippen LogP contribution is 2.43. The van der Waals surface area contributed by atoms with Crippen molar-refractivity contribution in [2.45, 2.75) is 0 Å². The molecule has 0 unspecified atom stereocenters. The Balaban J connectivity index is 1.00.